The Kier molecular flexibility index (Phi) is 5.97. The molecule has 0 radical (unpaired) electrons. The molecule has 0 unspecified atom stereocenters. The maximum Gasteiger partial charge on any atom is 0.350 e. The van der Waals surface area contributed by atoms with E-state index in [0.29, 0.717) is 0 Å². The zero-order valence-electron chi connectivity index (χ0n) is 12.5. The minimum absolute atomic E-state index is 0.0270. The van der Waals surface area contributed by atoms with Gasteiger partial charge in [-0.25, -0.2) is 14.0 Å². The first kappa shape index (κ1) is 17.5. The van der Waals surface area contributed by atoms with E-state index >= 15 is 0 Å². The third-order valence-corrected chi connectivity index (χ3v) is 2.64. The highest BCUT2D eigenvalue weighted by molar-refractivity contribution is 6.08. The van der Waals surface area contributed by atoms with Gasteiger partial charge in [-0.05, 0) is 26.0 Å². The van der Waals surface area contributed by atoms with Crippen molar-refractivity contribution < 1.29 is 28.2 Å². The van der Waals surface area contributed by atoms with Gasteiger partial charge < -0.3 is 14.8 Å². The highest BCUT2D eigenvalue weighted by Crippen LogP contribution is 2.24. The van der Waals surface area contributed by atoms with E-state index in [4.69, 9.17) is 9.47 Å². The summed E-state index contributed by atoms with van der Waals surface area (Å²) in [5.41, 5.74) is -2.47. The van der Waals surface area contributed by atoms with Gasteiger partial charge in [0.1, 0.15) is 5.82 Å². The SMILES string of the molecule is CCOC(=O)C(NC(C)=O)(C(=O)OCC)c1ccc(F)cn1. The Morgan fingerprint density at radius 1 is 1.18 bits per heavy atom. The fourth-order valence-corrected chi connectivity index (χ4v) is 1.80. The number of rotatable bonds is 6. The number of nitrogens with one attached hydrogen (secondary N) is 1. The Bertz CT molecular complexity index is 541. The van der Waals surface area contributed by atoms with Crippen LogP contribution in [0.25, 0.3) is 0 Å². The van der Waals surface area contributed by atoms with Crippen molar-refractivity contribution >= 4 is 17.8 Å². The first-order chi connectivity index (χ1) is 10.4. The Hall–Kier alpha value is -2.51. The van der Waals surface area contributed by atoms with Crippen LogP contribution in [0.15, 0.2) is 18.3 Å². The van der Waals surface area contributed by atoms with Crippen LogP contribution in [0.3, 0.4) is 0 Å². The van der Waals surface area contributed by atoms with Crippen LogP contribution in [0, 0.1) is 5.82 Å². The average molecular weight is 312 g/mol. The number of pyridine rings is 1. The van der Waals surface area contributed by atoms with Crippen molar-refractivity contribution in [3.63, 3.8) is 0 Å². The van der Waals surface area contributed by atoms with E-state index in [2.05, 4.69) is 10.3 Å². The lowest BCUT2D eigenvalue weighted by Gasteiger charge is -2.28. The molecular formula is C14H17FN2O5. The van der Waals surface area contributed by atoms with Crippen molar-refractivity contribution in [2.45, 2.75) is 26.3 Å². The average Bonchev–Trinajstić information content (AvgIpc) is 2.46. The summed E-state index contributed by atoms with van der Waals surface area (Å²) in [6.45, 7) is 4.15. The zero-order chi connectivity index (χ0) is 16.8. The zero-order valence-corrected chi connectivity index (χ0v) is 12.5. The molecule has 0 atom stereocenters. The number of esters is 2. The molecule has 0 spiro atoms. The van der Waals surface area contributed by atoms with E-state index in [1.54, 1.807) is 13.8 Å². The van der Waals surface area contributed by atoms with Crippen molar-refractivity contribution in [3.8, 4) is 0 Å². The molecule has 8 heteroatoms. The number of halogens is 1. The summed E-state index contributed by atoms with van der Waals surface area (Å²) >= 11 is 0. The van der Waals surface area contributed by atoms with Crippen molar-refractivity contribution in [2.24, 2.45) is 0 Å². The number of nitrogens with zero attached hydrogens (tertiary/aromatic N) is 1. The third-order valence-electron chi connectivity index (χ3n) is 2.64. The summed E-state index contributed by atoms with van der Waals surface area (Å²) in [5.74, 6) is -3.44. The molecule has 1 rings (SSSR count). The molecule has 1 aromatic rings. The second-order valence-electron chi connectivity index (χ2n) is 4.23. The summed E-state index contributed by atoms with van der Waals surface area (Å²) in [7, 11) is 0. The molecule has 0 bridgehead atoms. The van der Waals surface area contributed by atoms with Gasteiger partial charge in [-0.3, -0.25) is 9.78 Å². The van der Waals surface area contributed by atoms with E-state index < -0.39 is 29.2 Å². The van der Waals surface area contributed by atoms with Gasteiger partial charge in [0.25, 0.3) is 5.54 Å². The van der Waals surface area contributed by atoms with E-state index in [9.17, 15) is 18.8 Å². The molecular weight excluding hydrogens is 295 g/mol. The van der Waals surface area contributed by atoms with E-state index in [-0.39, 0.29) is 18.9 Å². The van der Waals surface area contributed by atoms with E-state index in [1.807, 2.05) is 0 Å². The second kappa shape index (κ2) is 7.48. The quantitative estimate of drug-likeness (QED) is 0.613. The lowest BCUT2D eigenvalue weighted by atomic mass is 9.94. The van der Waals surface area contributed by atoms with Gasteiger partial charge in [-0.1, -0.05) is 0 Å². The summed E-state index contributed by atoms with van der Waals surface area (Å²) in [6, 6.07) is 2.12. The molecule has 1 amide bonds. The first-order valence-electron chi connectivity index (χ1n) is 6.63. The van der Waals surface area contributed by atoms with Crippen LogP contribution < -0.4 is 5.32 Å². The van der Waals surface area contributed by atoms with Gasteiger partial charge in [-0.2, -0.15) is 0 Å². The number of hydrogen-bond donors (Lipinski definition) is 1. The van der Waals surface area contributed by atoms with Crippen LogP contribution >= 0.6 is 0 Å². The molecule has 1 aromatic heterocycles. The highest BCUT2D eigenvalue weighted by Gasteiger charge is 2.53. The Balaban J connectivity index is 3.48. The molecule has 120 valence electrons. The minimum Gasteiger partial charge on any atom is -0.463 e. The summed E-state index contributed by atoms with van der Waals surface area (Å²) in [6.07, 6.45) is 0.824. The highest BCUT2D eigenvalue weighted by atomic mass is 19.1. The predicted molar refractivity (Wildman–Crippen MR) is 73.0 cm³/mol. The van der Waals surface area contributed by atoms with Crippen molar-refractivity contribution in [1.82, 2.24) is 10.3 Å². The summed E-state index contributed by atoms with van der Waals surface area (Å²) in [5, 5.41) is 2.23. The topological polar surface area (TPSA) is 94.6 Å². The molecule has 22 heavy (non-hydrogen) atoms. The molecule has 0 fully saturated rings. The monoisotopic (exact) mass is 312 g/mol. The summed E-state index contributed by atoms with van der Waals surface area (Å²) in [4.78, 5) is 39.9. The number of ether oxygens (including phenoxy) is 2. The normalized spacial score (nSPS) is 10.7. The smallest absolute Gasteiger partial charge is 0.350 e. The van der Waals surface area contributed by atoms with Gasteiger partial charge in [0.2, 0.25) is 5.91 Å². The molecule has 0 aliphatic rings. The third kappa shape index (κ3) is 3.57. The lowest BCUT2D eigenvalue weighted by molar-refractivity contribution is -0.169. The fraction of sp³-hybridized carbons (Fsp3) is 0.429. The molecule has 0 aromatic carbocycles. The van der Waals surface area contributed by atoms with E-state index in [1.165, 1.54) is 0 Å². The number of amides is 1. The van der Waals surface area contributed by atoms with Crippen LogP contribution in [-0.2, 0) is 29.4 Å². The van der Waals surface area contributed by atoms with E-state index in [0.717, 1.165) is 25.3 Å². The largest absolute Gasteiger partial charge is 0.463 e. The molecule has 0 aliphatic heterocycles. The van der Waals surface area contributed by atoms with Gasteiger partial charge in [0.05, 0.1) is 25.1 Å². The van der Waals surface area contributed by atoms with Gasteiger partial charge in [0, 0.05) is 6.92 Å². The number of hydrogen-bond acceptors (Lipinski definition) is 6. The van der Waals surface area contributed by atoms with Gasteiger partial charge >= 0.3 is 11.9 Å². The maximum atomic E-state index is 13.1. The Morgan fingerprint density at radius 3 is 2.09 bits per heavy atom. The van der Waals surface area contributed by atoms with Crippen LogP contribution in [0.5, 0.6) is 0 Å². The predicted octanol–water partition coefficient (Wildman–Crippen LogP) is 0.678. The Labute approximate surface area is 126 Å². The van der Waals surface area contributed by atoms with Crippen molar-refractivity contribution in [2.75, 3.05) is 13.2 Å². The lowest BCUT2D eigenvalue weighted by Crippen LogP contribution is -2.58. The van der Waals surface area contributed by atoms with Crippen LogP contribution in [0.4, 0.5) is 4.39 Å². The molecule has 1 heterocycles. The number of aromatic nitrogens is 1. The van der Waals surface area contributed by atoms with Gasteiger partial charge in [0.15, 0.2) is 0 Å². The van der Waals surface area contributed by atoms with Crippen molar-refractivity contribution in [3.05, 3.63) is 29.8 Å². The molecule has 0 saturated heterocycles. The van der Waals surface area contributed by atoms with Crippen molar-refractivity contribution in [1.29, 1.82) is 0 Å². The van der Waals surface area contributed by atoms with Crippen LogP contribution in [-0.4, -0.2) is 36.0 Å². The number of carbonyl (C=O) groups excluding carboxylic acids is 3. The standard InChI is InChI=1S/C14H17FN2O5/c1-4-21-12(19)14(17-9(3)18,13(20)22-5-2)11-7-6-10(15)8-16-11/h6-8H,4-5H2,1-3H3,(H,17,18). The Morgan fingerprint density at radius 2 is 1.73 bits per heavy atom. The molecule has 7 nitrogen and oxygen atoms in total. The molecule has 1 N–H and O–H groups in total. The molecule has 0 aliphatic carbocycles. The second-order valence-corrected chi connectivity index (χ2v) is 4.23. The first-order valence-corrected chi connectivity index (χ1v) is 6.63. The van der Waals surface area contributed by atoms with Crippen LogP contribution in [0.1, 0.15) is 26.5 Å². The summed E-state index contributed by atoms with van der Waals surface area (Å²) < 4.78 is 22.8. The van der Waals surface area contributed by atoms with Gasteiger partial charge in [-0.15, -0.1) is 0 Å². The molecule has 0 saturated carbocycles. The maximum absolute atomic E-state index is 13.1. The minimum atomic E-state index is -2.27. The number of carbonyl (C=O) groups is 3. The van der Waals surface area contributed by atoms with Crippen LogP contribution in [0.2, 0.25) is 0 Å². The fourth-order valence-electron chi connectivity index (χ4n) is 1.80.